The third-order valence-electron chi connectivity index (χ3n) is 4.35. The molecule has 0 unspecified atom stereocenters. The van der Waals surface area contributed by atoms with Crippen LogP contribution in [0, 0.1) is 5.41 Å². The fourth-order valence-electron chi connectivity index (χ4n) is 3.17. The summed E-state index contributed by atoms with van der Waals surface area (Å²) >= 11 is 12.3. The number of para-hydroxylation sites is 1. The number of alkyl halides is 1. The summed E-state index contributed by atoms with van der Waals surface area (Å²) in [6.45, 7) is 3.30. The summed E-state index contributed by atoms with van der Waals surface area (Å²) in [7, 11) is 0. The van der Waals surface area contributed by atoms with Crippen molar-refractivity contribution in [1.29, 1.82) is 0 Å². The third kappa shape index (κ3) is 2.56. The van der Waals surface area contributed by atoms with Crippen LogP contribution in [-0.2, 0) is 13.0 Å². The summed E-state index contributed by atoms with van der Waals surface area (Å²) in [5.41, 5.74) is 2.55. The van der Waals surface area contributed by atoms with Gasteiger partial charge in [0.1, 0.15) is 5.82 Å². The maximum atomic E-state index is 6.41. The standard InChI is InChI=1S/C16H20Cl2N2/c1-2-7-16(8-9-16)11-20-14(6-10-17)19-13-5-3-4-12(18)15(13)20/h3-5H,2,6-11H2,1H3. The molecule has 1 aliphatic carbocycles. The average molecular weight is 311 g/mol. The zero-order valence-corrected chi connectivity index (χ0v) is 13.3. The molecule has 0 radical (unpaired) electrons. The van der Waals surface area contributed by atoms with Gasteiger partial charge >= 0.3 is 0 Å². The molecule has 0 spiro atoms. The zero-order valence-electron chi connectivity index (χ0n) is 11.8. The van der Waals surface area contributed by atoms with Crippen LogP contribution in [0.3, 0.4) is 0 Å². The number of fused-ring (bicyclic) bond motifs is 1. The first kappa shape index (κ1) is 14.2. The summed E-state index contributed by atoms with van der Waals surface area (Å²) in [5, 5.41) is 0.795. The molecule has 2 aromatic rings. The van der Waals surface area contributed by atoms with Gasteiger partial charge in [0.2, 0.25) is 0 Å². The first-order valence-corrected chi connectivity index (χ1v) is 8.30. The molecule has 0 atom stereocenters. The van der Waals surface area contributed by atoms with E-state index >= 15 is 0 Å². The lowest BCUT2D eigenvalue weighted by Crippen LogP contribution is -2.14. The van der Waals surface area contributed by atoms with Crippen molar-refractivity contribution < 1.29 is 0 Å². The van der Waals surface area contributed by atoms with E-state index in [9.17, 15) is 0 Å². The molecule has 1 aliphatic rings. The van der Waals surface area contributed by atoms with E-state index in [1.165, 1.54) is 25.7 Å². The number of halogens is 2. The number of hydrogen-bond acceptors (Lipinski definition) is 1. The van der Waals surface area contributed by atoms with E-state index in [0.29, 0.717) is 11.3 Å². The van der Waals surface area contributed by atoms with Gasteiger partial charge in [-0.1, -0.05) is 31.0 Å². The van der Waals surface area contributed by atoms with Crippen LogP contribution in [0.4, 0.5) is 0 Å². The number of imidazole rings is 1. The lowest BCUT2D eigenvalue weighted by atomic mass is 10.0. The molecule has 1 fully saturated rings. The maximum absolute atomic E-state index is 6.41. The molecule has 1 aromatic carbocycles. The highest BCUT2D eigenvalue weighted by Gasteiger charge is 2.42. The number of aromatic nitrogens is 2. The van der Waals surface area contributed by atoms with E-state index in [4.69, 9.17) is 28.2 Å². The van der Waals surface area contributed by atoms with Crippen LogP contribution in [-0.4, -0.2) is 15.4 Å². The van der Waals surface area contributed by atoms with Gasteiger partial charge in [-0.15, -0.1) is 11.6 Å². The lowest BCUT2D eigenvalue weighted by Gasteiger charge is -2.18. The van der Waals surface area contributed by atoms with E-state index in [0.717, 1.165) is 34.8 Å². The second-order valence-electron chi connectivity index (χ2n) is 5.91. The van der Waals surface area contributed by atoms with Gasteiger partial charge in [0.15, 0.2) is 0 Å². The first-order valence-electron chi connectivity index (χ1n) is 7.39. The van der Waals surface area contributed by atoms with Crippen molar-refractivity contribution in [3.05, 3.63) is 29.0 Å². The normalized spacial score (nSPS) is 16.8. The van der Waals surface area contributed by atoms with Gasteiger partial charge in [-0.2, -0.15) is 0 Å². The SMILES string of the molecule is CCCC1(Cn2c(CCCl)nc3cccc(Cl)c32)CC1. The Hall–Kier alpha value is -0.730. The predicted molar refractivity (Wildman–Crippen MR) is 85.7 cm³/mol. The molecule has 0 bridgehead atoms. The fourth-order valence-corrected chi connectivity index (χ4v) is 3.61. The Kier molecular flexibility index (Phi) is 3.96. The predicted octanol–water partition coefficient (Wildman–Crippen LogP) is 5.05. The molecule has 0 N–H and O–H groups in total. The van der Waals surface area contributed by atoms with Gasteiger partial charge in [-0.05, 0) is 36.8 Å². The van der Waals surface area contributed by atoms with Crippen LogP contribution in [0.15, 0.2) is 18.2 Å². The van der Waals surface area contributed by atoms with Gasteiger partial charge in [0.05, 0.1) is 16.1 Å². The Morgan fingerprint density at radius 2 is 2.15 bits per heavy atom. The Balaban J connectivity index is 2.04. The molecule has 1 aromatic heterocycles. The quantitative estimate of drug-likeness (QED) is 0.682. The summed E-state index contributed by atoms with van der Waals surface area (Å²) in [6, 6.07) is 5.95. The molecule has 2 nitrogen and oxygen atoms in total. The van der Waals surface area contributed by atoms with Crippen molar-refractivity contribution in [2.75, 3.05) is 5.88 Å². The van der Waals surface area contributed by atoms with Crippen LogP contribution in [0.1, 0.15) is 38.4 Å². The van der Waals surface area contributed by atoms with Crippen molar-refractivity contribution in [1.82, 2.24) is 9.55 Å². The molecule has 0 amide bonds. The highest BCUT2D eigenvalue weighted by molar-refractivity contribution is 6.35. The summed E-state index contributed by atoms with van der Waals surface area (Å²) in [5.74, 6) is 1.67. The minimum Gasteiger partial charge on any atom is -0.326 e. The Morgan fingerprint density at radius 1 is 1.35 bits per heavy atom. The number of nitrogens with zero attached hydrogens (tertiary/aromatic N) is 2. The smallest absolute Gasteiger partial charge is 0.111 e. The van der Waals surface area contributed by atoms with Crippen LogP contribution in [0.5, 0.6) is 0 Å². The van der Waals surface area contributed by atoms with Crippen molar-refractivity contribution in [3.8, 4) is 0 Å². The minimum absolute atomic E-state index is 0.475. The highest BCUT2D eigenvalue weighted by Crippen LogP contribution is 2.51. The topological polar surface area (TPSA) is 17.8 Å². The fraction of sp³-hybridized carbons (Fsp3) is 0.562. The molecule has 4 heteroatoms. The molecular weight excluding hydrogens is 291 g/mol. The molecule has 108 valence electrons. The molecule has 0 aliphatic heterocycles. The summed E-state index contributed by atoms with van der Waals surface area (Å²) < 4.78 is 2.32. The Bertz CT molecular complexity index is 614. The van der Waals surface area contributed by atoms with Crippen molar-refractivity contribution in [2.45, 2.75) is 45.6 Å². The molecule has 0 saturated heterocycles. The minimum atomic E-state index is 0.475. The largest absolute Gasteiger partial charge is 0.326 e. The second kappa shape index (κ2) is 5.57. The van der Waals surface area contributed by atoms with Gasteiger partial charge in [-0.3, -0.25) is 0 Å². The van der Waals surface area contributed by atoms with Gasteiger partial charge < -0.3 is 4.57 Å². The molecule has 20 heavy (non-hydrogen) atoms. The molecule has 3 rings (SSSR count). The number of aryl methyl sites for hydroxylation is 1. The maximum Gasteiger partial charge on any atom is 0.111 e. The van der Waals surface area contributed by atoms with Crippen LogP contribution in [0.25, 0.3) is 11.0 Å². The number of benzene rings is 1. The van der Waals surface area contributed by atoms with Gasteiger partial charge in [0, 0.05) is 18.8 Å². The van der Waals surface area contributed by atoms with Crippen molar-refractivity contribution in [2.24, 2.45) is 5.41 Å². The van der Waals surface area contributed by atoms with Crippen LogP contribution in [0.2, 0.25) is 5.02 Å². The van der Waals surface area contributed by atoms with Gasteiger partial charge in [0.25, 0.3) is 0 Å². The third-order valence-corrected chi connectivity index (χ3v) is 4.84. The van der Waals surface area contributed by atoms with E-state index in [2.05, 4.69) is 11.5 Å². The monoisotopic (exact) mass is 310 g/mol. The van der Waals surface area contributed by atoms with E-state index in [1.54, 1.807) is 0 Å². The second-order valence-corrected chi connectivity index (χ2v) is 6.70. The van der Waals surface area contributed by atoms with E-state index < -0.39 is 0 Å². The first-order chi connectivity index (χ1) is 9.69. The average Bonchev–Trinajstić information content (AvgIpc) is 3.08. The zero-order chi connectivity index (χ0) is 14.2. The Morgan fingerprint density at radius 3 is 2.80 bits per heavy atom. The molecule has 1 saturated carbocycles. The summed E-state index contributed by atoms with van der Waals surface area (Å²) in [4.78, 5) is 4.73. The van der Waals surface area contributed by atoms with Crippen molar-refractivity contribution >= 4 is 34.2 Å². The van der Waals surface area contributed by atoms with Crippen LogP contribution < -0.4 is 0 Å². The van der Waals surface area contributed by atoms with Gasteiger partial charge in [-0.25, -0.2) is 4.98 Å². The molecular formula is C16H20Cl2N2. The van der Waals surface area contributed by atoms with Crippen LogP contribution >= 0.6 is 23.2 Å². The number of rotatable bonds is 6. The summed E-state index contributed by atoms with van der Waals surface area (Å²) in [6.07, 6.45) is 5.98. The van der Waals surface area contributed by atoms with E-state index in [-0.39, 0.29) is 0 Å². The number of hydrogen-bond donors (Lipinski definition) is 0. The van der Waals surface area contributed by atoms with E-state index in [1.807, 2.05) is 18.2 Å². The lowest BCUT2D eigenvalue weighted by molar-refractivity contribution is 0.387. The van der Waals surface area contributed by atoms with Crippen molar-refractivity contribution in [3.63, 3.8) is 0 Å². The Labute approximate surface area is 130 Å². The molecule has 1 heterocycles. The highest BCUT2D eigenvalue weighted by atomic mass is 35.5.